The van der Waals surface area contributed by atoms with Gasteiger partial charge in [0.25, 0.3) is 0 Å². The zero-order chi connectivity index (χ0) is 14.2. The average Bonchev–Trinajstić information content (AvgIpc) is 2.41. The molecule has 0 saturated heterocycles. The maximum Gasteiger partial charge on any atom is 0.157 e. The second-order valence-electron chi connectivity index (χ2n) is 4.75. The first kappa shape index (κ1) is 18.5. The lowest BCUT2D eigenvalue weighted by Gasteiger charge is -2.16. The summed E-state index contributed by atoms with van der Waals surface area (Å²) in [7, 11) is 0. The van der Waals surface area contributed by atoms with E-state index >= 15 is 0 Å². The summed E-state index contributed by atoms with van der Waals surface area (Å²) in [6.07, 6.45) is 10.6. The number of ether oxygens (including phenoxy) is 2. The normalized spacial score (nSPS) is 10.5. The standard InChI is InChI=1S/C17H32O2/c1-4-7-8-9-10-11-12-13-14-15-16-17(18-5-2)19-6-3/h17H,4-8,11-16H2,1-3H3. The van der Waals surface area contributed by atoms with Gasteiger partial charge in [-0.3, -0.25) is 0 Å². The predicted octanol–water partition coefficient (Wildman–Crippen LogP) is 4.92. The summed E-state index contributed by atoms with van der Waals surface area (Å²) in [6, 6.07) is 0. The van der Waals surface area contributed by atoms with Crippen LogP contribution in [-0.2, 0) is 9.47 Å². The van der Waals surface area contributed by atoms with E-state index in [1.165, 1.54) is 38.5 Å². The molecule has 0 saturated carbocycles. The molecule has 0 atom stereocenters. The smallest absolute Gasteiger partial charge is 0.157 e. The second-order valence-corrected chi connectivity index (χ2v) is 4.75. The van der Waals surface area contributed by atoms with E-state index in [1.54, 1.807) is 0 Å². The summed E-state index contributed by atoms with van der Waals surface area (Å²) >= 11 is 0. The minimum Gasteiger partial charge on any atom is -0.353 e. The van der Waals surface area contributed by atoms with E-state index in [9.17, 15) is 0 Å². The number of hydrogen-bond donors (Lipinski definition) is 0. The molecule has 0 amide bonds. The molecule has 0 bridgehead atoms. The lowest BCUT2D eigenvalue weighted by atomic mass is 10.1. The molecule has 0 rings (SSSR count). The van der Waals surface area contributed by atoms with Crippen molar-refractivity contribution in [3.05, 3.63) is 0 Å². The van der Waals surface area contributed by atoms with Gasteiger partial charge < -0.3 is 9.47 Å². The van der Waals surface area contributed by atoms with E-state index in [0.29, 0.717) is 0 Å². The van der Waals surface area contributed by atoms with Gasteiger partial charge >= 0.3 is 0 Å². The topological polar surface area (TPSA) is 18.5 Å². The summed E-state index contributed by atoms with van der Waals surface area (Å²) in [4.78, 5) is 0. The molecule has 2 nitrogen and oxygen atoms in total. The van der Waals surface area contributed by atoms with E-state index < -0.39 is 0 Å². The molecule has 0 aliphatic heterocycles. The summed E-state index contributed by atoms with van der Waals surface area (Å²) in [5, 5.41) is 0. The van der Waals surface area contributed by atoms with Gasteiger partial charge in [0.1, 0.15) is 0 Å². The molecule has 112 valence electrons. The van der Waals surface area contributed by atoms with Gasteiger partial charge in [-0.25, -0.2) is 0 Å². The molecule has 0 radical (unpaired) electrons. The van der Waals surface area contributed by atoms with E-state index in [2.05, 4.69) is 18.8 Å². The van der Waals surface area contributed by atoms with Crippen molar-refractivity contribution in [1.82, 2.24) is 0 Å². The minimum absolute atomic E-state index is 0.00355. The van der Waals surface area contributed by atoms with E-state index in [0.717, 1.165) is 32.5 Å². The first-order chi connectivity index (χ1) is 9.35. The Hall–Kier alpha value is -0.520. The van der Waals surface area contributed by atoms with Crippen LogP contribution in [0, 0.1) is 11.8 Å². The van der Waals surface area contributed by atoms with E-state index in [4.69, 9.17) is 9.47 Å². The van der Waals surface area contributed by atoms with Crippen LogP contribution < -0.4 is 0 Å². The molecule has 0 N–H and O–H groups in total. The number of rotatable bonds is 12. The molecular weight excluding hydrogens is 236 g/mol. The highest BCUT2D eigenvalue weighted by molar-refractivity contribution is 4.98. The molecule has 0 heterocycles. The average molecular weight is 268 g/mol. The molecule has 2 heteroatoms. The van der Waals surface area contributed by atoms with Crippen LogP contribution in [0.1, 0.15) is 78.6 Å². The highest BCUT2D eigenvalue weighted by atomic mass is 16.7. The Bertz CT molecular complexity index is 221. The lowest BCUT2D eigenvalue weighted by molar-refractivity contribution is -0.140. The van der Waals surface area contributed by atoms with E-state index in [-0.39, 0.29) is 6.29 Å². The summed E-state index contributed by atoms with van der Waals surface area (Å²) in [6.45, 7) is 7.71. The van der Waals surface area contributed by atoms with Gasteiger partial charge in [0.05, 0.1) is 0 Å². The third kappa shape index (κ3) is 13.7. The van der Waals surface area contributed by atoms with Gasteiger partial charge in [0, 0.05) is 26.1 Å². The Morgan fingerprint density at radius 3 is 1.89 bits per heavy atom. The van der Waals surface area contributed by atoms with Crippen LogP contribution in [0.25, 0.3) is 0 Å². The summed E-state index contributed by atoms with van der Waals surface area (Å²) in [5.74, 6) is 6.50. The van der Waals surface area contributed by atoms with Crippen molar-refractivity contribution in [2.45, 2.75) is 84.8 Å². The Balaban J connectivity index is 3.34. The van der Waals surface area contributed by atoms with Crippen LogP contribution in [0.2, 0.25) is 0 Å². The minimum atomic E-state index is 0.00355. The van der Waals surface area contributed by atoms with Gasteiger partial charge in [-0.2, -0.15) is 0 Å². The first-order valence-electron chi connectivity index (χ1n) is 8.04. The molecule has 0 fully saturated rings. The molecule has 0 unspecified atom stereocenters. The Morgan fingerprint density at radius 1 is 0.737 bits per heavy atom. The fraction of sp³-hybridized carbons (Fsp3) is 0.882. The molecule has 0 aliphatic carbocycles. The van der Waals surface area contributed by atoms with Crippen molar-refractivity contribution >= 4 is 0 Å². The second kappa shape index (κ2) is 15.5. The van der Waals surface area contributed by atoms with Crippen LogP contribution in [0.3, 0.4) is 0 Å². The third-order valence-electron chi connectivity index (χ3n) is 2.98. The van der Waals surface area contributed by atoms with Crippen LogP contribution in [0.4, 0.5) is 0 Å². The van der Waals surface area contributed by atoms with Gasteiger partial charge in [-0.05, 0) is 39.5 Å². The van der Waals surface area contributed by atoms with Crippen LogP contribution in [-0.4, -0.2) is 19.5 Å². The van der Waals surface area contributed by atoms with Crippen molar-refractivity contribution in [3.63, 3.8) is 0 Å². The van der Waals surface area contributed by atoms with Gasteiger partial charge in [-0.15, -0.1) is 11.8 Å². The third-order valence-corrected chi connectivity index (χ3v) is 2.98. The van der Waals surface area contributed by atoms with Gasteiger partial charge in [0.2, 0.25) is 0 Å². The quantitative estimate of drug-likeness (QED) is 0.284. The first-order valence-corrected chi connectivity index (χ1v) is 8.04. The summed E-state index contributed by atoms with van der Waals surface area (Å²) < 4.78 is 11.0. The fourth-order valence-corrected chi connectivity index (χ4v) is 1.91. The Labute approximate surface area is 120 Å². The molecular formula is C17H32O2. The molecule has 0 aromatic carbocycles. The Morgan fingerprint density at radius 2 is 1.32 bits per heavy atom. The van der Waals surface area contributed by atoms with Crippen molar-refractivity contribution < 1.29 is 9.47 Å². The molecule has 0 aromatic heterocycles. The maximum atomic E-state index is 5.52. The number of hydrogen-bond acceptors (Lipinski definition) is 2. The van der Waals surface area contributed by atoms with Crippen molar-refractivity contribution in [3.8, 4) is 11.8 Å². The van der Waals surface area contributed by atoms with E-state index in [1.807, 2.05) is 13.8 Å². The SMILES string of the molecule is CCCCC#CCCCCCCC(OCC)OCC. The zero-order valence-electron chi connectivity index (χ0n) is 13.2. The highest BCUT2D eigenvalue weighted by Crippen LogP contribution is 2.10. The molecule has 19 heavy (non-hydrogen) atoms. The fourth-order valence-electron chi connectivity index (χ4n) is 1.91. The lowest BCUT2D eigenvalue weighted by Crippen LogP contribution is -2.17. The highest BCUT2D eigenvalue weighted by Gasteiger charge is 2.06. The van der Waals surface area contributed by atoms with Gasteiger partial charge in [0.15, 0.2) is 6.29 Å². The van der Waals surface area contributed by atoms with Gasteiger partial charge in [-0.1, -0.05) is 26.2 Å². The van der Waals surface area contributed by atoms with Crippen LogP contribution >= 0.6 is 0 Å². The predicted molar refractivity (Wildman–Crippen MR) is 82.0 cm³/mol. The van der Waals surface area contributed by atoms with Crippen LogP contribution in [0.15, 0.2) is 0 Å². The van der Waals surface area contributed by atoms with Crippen molar-refractivity contribution in [2.24, 2.45) is 0 Å². The summed E-state index contributed by atoms with van der Waals surface area (Å²) in [5.41, 5.74) is 0. The Kier molecular flexibility index (Phi) is 15.1. The largest absolute Gasteiger partial charge is 0.353 e. The van der Waals surface area contributed by atoms with Crippen molar-refractivity contribution in [2.75, 3.05) is 13.2 Å². The monoisotopic (exact) mass is 268 g/mol. The molecule has 0 aliphatic rings. The van der Waals surface area contributed by atoms with Crippen molar-refractivity contribution in [1.29, 1.82) is 0 Å². The zero-order valence-corrected chi connectivity index (χ0v) is 13.2. The molecule has 0 spiro atoms. The molecule has 0 aromatic rings. The number of unbranched alkanes of at least 4 members (excludes halogenated alkanes) is 6. The van der Waals surface area contributed by atoms with Crippen LogP contribution in [0.5, 0.6) is 0 Å². The maximum absolute atomic E-state index is 5.52.